The minimum absolute atomic E-state index is 0.00650. The maximum Gasteiger partial charge on any atom is 0.239 e. The summed E-state index contributed by atoms with van der Waals surface area (Å²) < 4.78 is 0. The van der Waals surface area contributed by atoms with Crippen LogP contribution in [0.1, 0.15) is 12.5 Å². The molecule has 0 bridgehead atoms. The largest absolute Gasteiger partial charge is 0.303 e. The molecule has 1 saturated heterocycles. The molecule has 19 heavy (non-hydrogen) atoms. The molecule has 1 fully saturated rings. The molecule has 1 aliphatic rings. The van der Waals surface area contributed by atoms with Gasteiger partial charge in [-0.2, -0.15) is 5.10 Å². The lowest BCUT2D eigenvalue weighted by atomic mass is 10.2. The Morgan fingerprint density at radius 1 is 1.42 bits per heavy atom. The summed E-state index contributed by atoms with van der Waals surface area (Å²) in [4.78, 5) is 12.4. The molecule has 1 atom stereocenters. The highest BCUT2D eigenvalue weighted by Gasteiger charge is 2.25. The number of carbonyl (C=O) groups is 1. The second kappa shape index (κ2) is 6.77. The van der Waals surface area contributed by atoms with Crippen LogP contribution in [-0.2, 0) is 4.79 Å². The van der Waals surface area contributed by atoms with Crippen LogP contribution in [0.2, 0.25) is 0 Å². The number of hydrogen-bond acceptors (Lipinski definition) is 5. The first kappa shape index (κ1) is 14.1. The van der Waals surface area contributed by atoms with Crippen LogP contribution in [0.3, 0.4) is 0 Å². The number of aryl methyl sites for hydroxylation is 1. The van der Waals surface area contributed by atoms with Gasteiger partial charge < -0.3 is 5.32 Å². The van der Waals surface area contributed by atoms with Crippen molar-refractivity contribution in [3.05, 3.63) is 29.8 Å². The van der Waals surface area contributed by atoms with Crippen molar-refractivity contribution in [2.45, 2.75) is 24.0 Å². The topological polar surface area (TPSA) is 53.8 Å². The molecule has 1 amide bonds. The number of nitrogens with zero attached hydrogens (tertiary/aromatic N) is 2. The summed E-state index contributed by atoms with van der Waals surface area (Å²) in [5.74, 6) is 0.751. The molecule has 1 aromatic carbocycles. The molecule has 0 aliphatic carbocycles. The molecule has 1 N–H and O–H groups in total. The van der Waals surface area contributed by atoms with E-state index in [1.54, 1.807) is 18.0 Å². The first-order chi connectivity index (χ1) is 9.15. The SMILES string of the molecule is Cc1ccc(SC/C=N\N=C2\NC(=O)C(C)S2)cc1. The third-order valence-corrected chi connectivity index (χ3v) is 4.36. The van der Waals surface area contributed by atoms with Crippen molar-refractivity contribution in [3.63, 3.8) is 0 Å². The number of nitrogens with one attached hydrogen (secondary N) is 1. The van der Waals surface area contributed by atoms with Gasteiger partial charge in [-0.05, 0) is 26.0 Å². The molecule has 0 spiro atoms. The molecule has 100 valence electrons. The Hall–Kier alpha value is -1.27. The van der Waals surface area contributed by atoms with E-state index in [0.29, 0.717) is 5.17 Å². The molecule has 2 rings (SSSR count). The van der Waals surface area contributed by atoms with Gasteiger partial charge in [0.25, 0.3) is 0 Å². The smallest absolute Gasteiger partial charge is 0.239 e. The molecule has 4 nitrogen and oxygen atoms in total. The lowest BCUT2D eigenvalue weighted by Crippen LogP contribution is -2.23. The maximum absolute atomic E-state index is 11.2. The summed E-state index contributed by atoms with van der Waals surface area (Å²) in [6, 6.07) is 8.36. The minimum atomic E-state index is -0.0733. The Balaban J connectivity index is 1.77. The predicted octanol–water partition coefficient (Wildman–Crippen LogP) is 2.68. The average molecular weight is 293 g/mol. The fraction of sp³-hybridized carbons (Fsp3) is 0.308. The van der Waals surface area contributed by atoms with E-state index < -0.39 is 0 Å². The van der Waals surface area contributed by atoms with Crippen LogP contribution in [-0.4, -0.2) is 28.3 Å². The summed E-state index contributed by atoms with van der Waals surface area (Å²) in [5.41, 5.74) is 1.26. The number of rotatable bonds is 4. The van der Waals surface area contributed by atoms with Gasteiger partial charge in [-0.25, -0.2) is 0 Å². The van der Waals surface area contributed by atoms with Crippen LogP contribution in [0, 0.1) is 6.92 Å². The van der Waals surface area contributed by atoms with Crippen molar-refractivity contribution in [1.29, 1.82) is 0 Å². The van der Waals surface area contributed by atoms with Crippen LogP contribution in [0.15, 0.2) is 39.4 Å². The van der Waals surface area contributed by atoms with E-state index in [9.17, 15) is 4.79 Å². The first-order valence-corrected chi connectivity index (χ1v) is 7.78. The van der Waals surface area contributed by atoms with Gasteiger partial charge in [0, 0.05) is 16.9 Å². The lowest BCUT2D eigenvalue weighted by Gasteiger charge is -1.97. The van der Waals surface area contributed by atoms with Crippen molar-refractivity contribution < 1.29 is 4.79 Å². The van der Waals surface area contributed by atoms with Crippen molar-refractivity contribution in [3.8, 4) is 0 Å². The zero-order valence-corrected chi connectivity index (χ0v) is 12.4. The number of hydrogen-bond donors (Lipinski definition) is 1. The molecule has 1 aliphatic heterocycles. The zero-order chi connectivity index (χ0) is 13.7. The Morgan fingerprint density at radius 2 is 2.16 bits per heavy atom. The number of carbonyl (C=O) groups excluding carboxylic acids is 1. The van der Waals surface area contributed by atoms with Gasteiger partial charge in [-0.3, -0.25) is 4.79 Å². The van der Waals surface area contributed by atoms with Gasteiger partial charge in [0.1, 0.15) is 0 Å². The van der Waals surface area contributed by atoms with E-state index in [1.165, 1.54) is 22.2 Å². The second-order valence-corrected chi connectivity index (χ2v) is 6.50. The van der Waals surface area contributed by atoms with E-state index >= 15 is 0 Å². The molecule has 6 heteroatoms. The Kier molecular flexibility index (Phi) is 5.04. The lowest BCUT2D eigenvalue weighted by molar-refractivity contribution is -0.118. The second-order valence-electron chi connectivity index (χ2n) is 4.08. The molecule has 1 aromatic rings. The average Bonchev–Trinajstić information content (AvgIpc) is 2.71. The van der Waals surface area contributed by atoms with Gasteiger partial charge in [0.2, 0.25) is 5.91 Å². The molecule has 0 radical (unpaired) electrons. The number of thioether (sulfide) groups is 2. The van der Waals surface area contributed by atoms with E-state index in [0.717, 1.165) is 5.75 Å². The highest BCUT2D eigenvalue weighted by Crippen LogP contribution is 2.19. The van der Waals surface area contributed by atoms with Gasteiger partial charge in [-0.1, -0.05) is 29.5 Å². The molecular weight excluding hydrogens is 278 g/mol. The van der Waals surface area contributed by atoms with E-state index in [2.05, 4.69) is 46.7 Å². The number of benzene rings is 1. The third kappa shape index (κ3) is 4.40. The van der Waals surface area contributed by atoms with Crippen LogP contribution in [0.5, 0.6) is 0 Å². The summed E-state index contributed by atoms with van der Waals surface area (Å²) in [5, 5.41) is 11.1. The normalized spacial score (nSPS) is 21.3. The van der Waals surface area contributed by atoms with Crippen molar-refractivity contribution in [2.75, 3.05) is 5.75 Å². The van der Waals surface area contributed by atoms with Crippen LogP contribution < -0.4 is 5.32 Å². The van der Waals surface area contributed by atoms with Crippen LogP contribution in [0.25, 0.3) is 0 Å². The zero-order valence-electron chi connectivity index (χ0n) is 10.8. The van der Waals surface area contributed by atoms with Gasteiger partial charge in [-0.15, -0.1) is 16.9 Å². The first-order valence-electron chi connectivity index (χ1n) is 5.91. The van der Waals surface area contributed by atoms with E-state index in [-0.39, 0.29) is 11.2 Å². The summed E-state index contributed by atoms with van der Waals surface area (Å²) in [6.07, 6.45) is 1.74. The summed E-state index contributed by atoms with van der Waals surface area (Å²) in [6.45, 7) is 3.92. The minimum Gasteiger partial charge on any atom is -0.303 e. The molecule has 1 heterocycles. The standard InChI is InChI=1S/C13H15N3OS2/c1-9-3-5-11(6-4-9)18-8-7-14-16-13-15-12(17)10(2)19-13/h3-7,10H,8H2,1-2H3,(H,15,16,17)/b14-7-. The number of amides is 1. The molecule has 0 saturated carbocycles. The van der Waals surface area contributed by atoms with Crippen molar-refractivity contribution in [2.24, 2.45) is 10.2 Å². The third-order valence-electron chi connectivity index (χ3n) is 2.46. The highest BCUT2D eigenvalue weighted by molar-refractivity contribution is 8.15. The summed E-state index contributed by atoms with van der Waals surface area (Å²) in [7, 11) is 0. The molecule has 1 unspecified atom stereocenters. The van der Waals surface area contributed by atoms with Crippen LogP contribution >= 0.6 is 23.5 Å². The van der Waals surface area contributed by atoms with Gasteiger partial charge in [0.05, 0.1) is 5.25 Å². The fourth-order valence-corrected chi connectivity index (χ4v) is 2.82. The van der Waals surface area contributed by atoms with Crippen molar-refractivity contribution >= 4 is 40.8 Å². The monoisotopic (exact) mass is 293 g/mol. The van der Waals surface area contributed by atoms with Crippen LogP contribution in [0.4, 0.5) is 0 Å². The van der Waals surface area contributed by atoms with E-state index in [1.807, 2.05) is 6.92 Å². The van der Waals surface area contributed by atoms with Gasteiger partial charge in [0.15, 0.2) is 5.17 Å². The quantitative estimate of drug-likeness (QED) is 0.527. The summed E-state index contributed by atoms with van der Waals surface area (Å²) >= 11 is 3.10. The number of amidine groups is 1. The van der Waals surface area contributed by atoms with Crippen molar-refractivity contribution in [1.82, 2.24) is 5.32 Å². The fourth-order valence-electron chi connectivity index (χ4n) is 1.40. The predicted molar refractivity (Wildman–Crippen MR) is 83.0 cm³/mol. The Morgan fingerprint density at radius 3 is 2.79 bits per heavy atom. The van der Waals surface area contributed by atoms with E-state index in [4.69, 9.17) is 0 Å². The Bertz CT molecular complexity index is 511. The van der Waals surface area contributed by atoms with Gasteiger partial charge >= 0.3 is 0 Å². The highest BCUT2D eigenvalue weighted by atomic mass is 32.2. The maximum atomic E-state index is 11.2. The molecular formula is C13H15N3OS2. The Labute approximate surface area is 121 Å². The molecule has 0 aromatic heterocycles.